The summed E-state index contributed by atoms with van der Waals surface area (Å²) in [5.74, 6) is 0. The lowest BCUT2D eigenvalue weighted by Crippen LogP contribution is -2.56. The Morgan fingerprint density at radius 2 is 1.31 bits per heavy atom. The predicted octanol–water partition coefficient (Wildman–Crippen LogP) is 1.92. The van der Waals surface area contributed by atoms with Crippen LogP contribution < -0.4 is 0 Å². The summed E-state index contributed by atoms with van der Waals surface area (Å²) in [7, 11) is -4.56. The van der Waals surface area contributed by atoms with Crippen LogP contribution >= 0.6 is 7.82 Å². The maximum atomic E-state index is 10.7. The van der Waals surface area contributed by atoms with E-state index >= 15 is 0 Å². The molecule has 0 heterocycles. The Kier molecular flexibility index (Phi) is 4.41. The first kappa shape index (κ1) is 16.1. The largest absolute Gasteiger partial charge is 0.469 e. The van der Waals surface area contributed by atoms with Crippen LogP contribution in [0.1, 0.15) is 41.5 Å². The predicted molar refractivity (Wildman–Crippen MR) is 61.9 cm³/mol. The number of aliphatic hydroxyl groups is 1. The molecule has 0 amide bonds. The molecule has 0 atom stereocenters. The summed E-state index contributed by atoms with van der Waals surface area (Å²) in [6.45, 7) is 10.4. The van der Waals surface area contributed by atoms with Gasteiger partial charge in [0, 0.05) is 0 Å². The van der Waals surface area contributed by atoms with Crippen LogP contribution in [0, 0.1) is 10.8 Å². The van der Waals surface area contributed by atoms with E-state index in [4.69, 9.17) is 9.79 Å². The van der Waals surface area contributed by atoms with Crippen LogP contribution in [0.15, 0.2) is 0 Å². The van der Waals surface area contributed by atoms with Gasteiger partial charge in [0.05, 0.1) is 12.2 Å². The molecule has 0 aliphatic heterocycles. The number of hydrogen-bond acceptors (Lipinski definition) is 3. The van der Waals surface area contributed by atoms with E-state index in [1.165, 1.54) is 0 Å². The molecule has 0 unspecified atom stereocenters. The van der Waals surface area contributed by atoms with Crippen molar-refractivity contribution >= 4 is 7.82 Å². The van der Waals surface area contributed by atoms with E-state index in [1.54, 1.807) is 41.5 Å². The standard InChI is InChI=1S/C10H23O5P/c1-8(2,3)10(11,9(4,5)6)7-15-16(12,13)14/h11H,7H2,1-6H3,(H2,12,13,14). The quantitative estimate of drug-likeness (QED) is 0.670. The lowest BCUT2D eigenvalue weighted by Gasteiger charge is -2.49. The van der Waals surface area contributed by atoms with Crippen molar-refractivity contribution in [3.05, 3.63) is 0 Å². The van der Waals surface area contributed by atoms with Crippen LogP contribution in [0.4, 0.5) is 0 Å². The third kappa shape index (κ3) is 3.82. The zero-order valence-corrected chi connectivity index (χ0v) is 11.7. The summed E-state index contributed by atoms with van der Waals surface area (Å²) < 4.78 is 15.2. The number of hydrogen-bond donors (Lipinski definition) is 3. The molecule has 98 valence electrons. The van der Waals surface area contributed by atoms with E-state index in [1.807, 2.05) is 0 Å². The van der Waals surface area contributed by atoms with Crippen molar-refractivity contribution in [2.24, 2.45) is 10.8 Å². The normalized spacial score (nSPS) is 15.3. The Hall–Kier alpha value is 0.0700. The van der Waals surface area contributed by atoms with Crippen molar-refractivity contribution in [1.82, 2.24) is 0 Å². The van der Waals surface area contributed by atoms with Crippen molar-refractivity contribution in [2.45, 2.75) is 47.1 Å². The molecular weight excluding hydrogens is 231 g/mol. The number of phosphoric ester groups is 1. The fourth-order valence-electron chi connectivity index (χ4n) is 1.74. The Morgan fingerprint density at radius 1 is 1.00 bits per heavy atom. The molecule has 0 spiro atoms. The highest BCUT2D eigenvalue weighted by Crippen LogP contribution is 2.47. The number of rotatable bonds is 3. The van der Waals surface area contributed by atoms with Crippen molar-refractivity contribution in [1.29, 1.82) is 0 Å². The summed E-state index contributed by atoms with van der Waals surface area (Å²) in [6, 6.07) is 0. The van der Waals surface area contributed by atoms with Gasteiger partial charge in [-0.05, 0) is 10.8 Å². The lowest BCUT2D eigenvalue weighted by atomic mass is 9.63. The van der Waals surface area contributed by atoms with Crippen LogP contribution in [0.25, 0.3) is 0 Å². The minimum absolute atomic E-state index is 0.399. The average Bonchev–Trinajstić information content (AvgIpc) is 1.93. The highest BCUT2D eigenvalue weighted by atomic mass is 31.2. The molecule has 3 N–H and O–H groups in total. The van der Waals surface area contributed by atoms with Crippen molar-refractivity contribution < 1.29 is 24.0 Å². The monoisotopic (exact) mass is 254 g/mol. The highest BCUT2D eigenvalue weighted by molar-refractivity contribution is 7.46. The fourth-order valence-corrected chi connectivity index (χ4v) is 2.09. The molecule has 5 nitrogen and oxygen atoms in total. The van der Waals surface area contributed by atoms with E-state index in [0.717, 1.165) is 0 Å². The van der Waals surface area contributed by atoms with Gasteiger partial charge in [0.2, 0.25) is 0 Å². The minimum atomic E-state index is -4.56. The van der Waals surface area contributed by atoms with Crippen LogP contribution in [0.3, 0.4) is 0 Å². The van der Waals surface area contributed by atoms with Gasteiger partial charge in [0.15, 0.2) is 0 Å². The summed E-state index contributed by atoms with van der Waals surface area (Å²) in [4.78, 5) is 17.4. The Labute approximate surface area is 97.1 Å². The Balaban J connectivity index is 5.07. The van der Waals surface area contributed by atoms with E-state index < -0.39 is 30.9 Å². The molecule has 0 saturated carbocycles. The van der Waals surface area contributed by atoms with Crippen LogP contribution in [0.5, 0.6) is 0 Å². The van der Waals surface area contributed by atoms with Gasteiger partial charge < -0.3 is 14.9 Å². The summed E-state index contributed by atoms with van der Waals surface area (Å²) in [5.41, 5.74) is -2.44. The van der Waals surface area contributed by atoms with Gasteiger partial charge in [-0.2, -0.15) is 0 Å². The summed E-state index contributed by atoms with van der Waals surface area (Å²) in [6.07, 6.45) is 0. The first-order valence-electron chi connectivity index (χ1n) is 5.13. The average molecular weight is 254 g/mol. The summed E-state index contributed by atoms with van der Waals surface area (Å²) in [5, 5.41) is 10.6. The second kappa shape index (κ2) is 4.39. The topological polar surface area (TPSA) is 87.0 Å². The zero-order chi connectivity index (χ0) is 13.4. The van der Waals surface area contributed by atoms with E-state index in [0.29, 0.717) is 0 Å². The molecule has 0 aromatic rings. The molecule has 16 heavy (non-hydrogen) atoms. The summed E-state index contributed by atoms with van der Waals surface area (Å²) >= 11 is 0. The van der Waals surface area contributed by atoms with E-state index in [-0.39, 0.29) is 0 Å². The van der Waals surface area contributed by atoms with Crippen molar-refractivity contribution in [3.63, 3.8) is 0 Å². The molecule has 6 heteroatoms. The van der Waals surface area contributed by atoms with Crippen LogP contribution in [-0.4, -0.2) is 27.1 Å². The fraction of sp³-hybridized carbons (Fsp3) is 1.00. The maximum Gasteiger partial charge on any atom is 0.469 e. The molecule has 0 radical (unpaired) electrons. The highest BCUT2D eigenvalue weighted by Gasteiger charge is 2.50. The van der Waals surface area contributed by atoms with Crippen molar-refractivity contribution in [3.8, 4) is 0 Å². The molecule has 0 aromatic heterocycles. The van der Waals surface area contributed by atoms with Gasteiger partial charge in [-0.25, -0.2) is 4.57 Å². The van der Waals surface area contributed by atoms with Gasteiger partial charge in [0.1, 0.15) is 0 Å². The van der Waals surface area contributed by atoms with Crippen LogP contribution in [-0.2, 0) is 9.09 Å². The van der Waals surface area contributed by atoms with E-state index in [2.05, 4.69) is 4.52 Å². The zero-order valence-electron chi connectivity index (χ0n) is 10.8. The van der Waals surface area contributed by atoms with Crippen molar-refractivity contribution in [2.75, 3.05) is 6.61 Å². The number of phosphoric acid groups is 1. The first-order chi connectivity index (χ1) is 6.71. The molecule has 0 fully saturated rings. The molecule has 0 aliphatic carbocycles. The molecule has 0 aromatic carbocycles. The molecular formula is C10H23O5P. The lowest BCUT2D eigenvalue weighted by molar-refractivity contribution is -0.160. The SMILES string of the molecule is CC(C)(C)C(O)(COP(=O)(O)O)C(C)(C)C. The third-order valence-corrected chi connectivity index (χ3v) is 3.39. The first-order valence-corrected chi connectivity index (χ1v) is 6.66. The second-order valence-electron chi connectivity index (χ2n) is 6.12. The molecule has 0 aliphatic rings. The third-order valence-electron chi connectivity index (χ3n) is 2.92. The van der Waals surface area contributed by atoms with Gasteiger partial charge in [-0.3, -0.25) is 4.52 Å². The molecule has 0 bridgehead atoms. The van der Waals surface area contributed by atoms with Crippen LogP contribution in [0.2, 0.25) is 0 Å². The smallest absolute Gasteiger partial charge is 0.386 e. The minimum Gasteiger partial charge on any atom is -0.386 e. The Morgan fingerprint density at radius 3 is 1.50 bits per heavy atom. The van der Waals surface area contributed by atoms with Gasteiger partial charge in [-0.15, -0.1) is 0 Å². The molecule has 0 rings (SSSR count). The second-order valence-corrected chi connectivity index (χ2v) is 7.36. The maximum absolute atomic E-state index is 10.7. The van der Waals surface area contributed by atoms with E-state index in [9.17, 15) is 9.67 Å². The Bertz CT molecular complexity index is 267. The van der Waals surface area contributed by atoms with Gasteiger partial charge >= 0.3 is 7.82 Å². The molecule has 0 saturated heterocycles. The van der Waals surface area contributed by atoms with Gasteiger partial charge in [-0.1, -0.05) is 41.5 Å². The van der Waals surface area contributed by atoms with Gasteiger partial charge in [0.25, 0.3) is 0 Å².